The van der Waals surface area contributed by atoms with Crippen LogP contribution in [0.25, 0.3) is 0 Å². The zero-order chi connectivity index (χ0) is 8.97. The van der Waals surface area contributed by atoms with Crippen molar-refractivity contribution in [2.24, 2.45) is 0 Å². The average Bonchev–Trinajstić information content (AvgIpc) is 2.05. The van der Waals surface area contributed by atoms with Gasteiger partial charge in [0.2, 0.25) is 0 Å². The standard InChI is InChI=1S/C8H9Cl2IO/c1-2-12-8-6-4-3-5-7(8)11(9)10/h3-6H,2H2,1H3. The van der Waals surface area contributed by atoms with E-state index >= 15 is 0 Å². The van der Waals surface area contributed by atoms with Crippen LogP contribution in [0.3, 0.4) is 0 Å². The summed E-state index contributed by atoms with van der Waals surface area (Å²) < 4.78 is 6.35. The molecule has 0 unspecified atom stereocenters. The van der Waals surface area contributed by atoms with Crippen LogP contribution in [-0.2, 0) is 0 Å². The van der Waals surface area contributed by atoms with E-state index < -0.39 is 17.6 Å². The minimum absolute atomic E-state index is 0.648. The topological polar surface area (TPSA) is 9.23 Å². The Morgan fingerprint density at radius 2 is 2.00 bits per heavy atom. The summed E-state index contributed by atoms with van der Waals surface area (Å²) in [4.78, 5) is 0. The molecule has 1 nitrogen and oxygen atoms in total. The summed E-state index contributed by atoms with van der Waals surface area (Å²) in [5.41, 5.74) is 0. The van der Waals surface area contributed by atoms with Gasteiger partial charge >= 0.3 is 87.2 Å². The summed E-state index contributed by atoms with van der Waals surface area (Å²) in [6.07, 6.45) is 0. The molecule has 0 fully saturated rings. The number of para-hydroxylation sites is 1. The van der Waals surface area contributed by atoms with Gasteiger partial charge in [-0.3, -0.25) is 0 Å². The van der Waals surface area contributed by atoms with Crippen molar-refractivity contribution in [2.75, 3.05) is 6.61 Å². The third kappa shape index (κ3) is 2.68. The molecule has 0 bridgehead atoms. The van der Waals surface area contributed by atoms with Crippen LogP contribution in [0.15, 0.2) is 24.3 Å². The van der Waals surface area contributed by atoms with Crippen molar-refractivity contribution in [2.45, 2.75) is 6.92 Å². The van der Waals surface area contributed by atoms with E-state index in [0.29, 0.717) is 6.61 Å². The Bertz CT molecular complexity index is 253. The minimum atomic E-state index is -1.94. The molecule has 0 aromatic heterocycles. The molecule has 0 N–H and O–H groups in total. The maximum absolute atomic E-state index is 5.89. The Labute approximate surface area is 86.8 Å². The zero-order valence-corrected chi connectivity index (χ0v) is 10.2. The molecule has 0 radical (unpaired) electrons. The van der Waals surface area contributed by atoms with Gasteiger partial charge in [-0.15, -0.1) is 0 Å². The van der Waals surface area contributed by atoms with Crippen molar-refractivity contribution in [1.82, 2.24) is 0 Å². The molecule has 12 heavy (non-hydrogen) atoms. The van der Waals surface area contributed by atoms with Crippen LogP contribution >= 0.6 is 35.4 Å². The van der Waals surface area contributed by atoms with E-state index in [1.54, 1.807) is 0 Å². The molecule has 4 heteroatoms. The van der Waals surface area contributed by atoms with Crippen molar-refractivity contribution >= 4 is 35.4 Å². The number of benzene rings is 1. The van der Waals surface area contributed by atoms with Gasteiger partial charge in [-0.1, -0.05) is 0 Å². The predicted molar refractivity (Wildman–Crippen MR) is 62.0 cm³/mol. The summed E-state index contributed by atoms with van der Waals surface area (Å²) in [6, 6.07) is 7.67. The molecule has 68 valence electrons. The first-order valence-corrected chi connectivity index (χ1v) is 10.0. The van der Waals surface area contributed by atoms with Crippen molar-refractivity contribution in [3.8, 4) is 5.75 Å². The van der Waals surface area contributed by atoms with Crippen LogP contribution in [0.5, 0.6) is 5.75 Å². The van der Waals surface area contributed by atoms with Crippen LogP contribution in [0.4, 0.5) is 0 Å². The normalized spacial score (nSPS) is 11.1. The van der Waals surface area contributed by atoms with Gasteiger partial charge in [-0.05, 0) is 0 Å². The van der Waals surface area contributed by atoms with Gasteiger partial charge in [0.25, 0.3) is 0 Å². The Morgan fingerprint density at radius 3 is 2.58 bits per heavy atom. The molecule has 0 aliphatic carbocycles. The number of halogens is 3. The molecule has 1 aromatic rings. The van der Waals surface area contributed by atoms with Crippen LogP contribution in [0.2, 0.25) is 0 Å². The summed E-state index contributed by atoms with van der Waals surface area (Å²) in [5.74, 6) is 0.829. The van der Waals surface area contributed by atoms with Gasteiger partial charge in [0.15, 0.2) is 0 Å². The number of hydrogen-bond acceptors (Lipinski definition) is 1. The second-order valence-electron chi connectivity index (χ2n) is 2.06. The maximum atomic E-state index is 5.89. The molecular formula is C8H9Cl2IO. The van der Waals surface area contributed by atoms with Gasteiger partial charge in [-0.25, -0.2) is 0 Å². The summed E-state index contributed by atoms with van der Waals surface area (Å²) in [7, 11) is 11.8. The fraction of sp³-hybridized carbons (Fsp3) is 0.250. The molecule has 0 heterocycles. The van der Waals surface area contributed by atoms with Gasteiger partial charge in [0.1, 0.15) is 0 Å². The van der Waals surface area contributed by atoms with E-state index in [-0.39, 0.29) is 0 Å². The zero-order valence-electron chi connectivity index (χ0n) is 6.56. The van der Waals surface area contributed by atoms with Gasteiger partial charge in [0, 0.05) is 0 Å². The SMILES string of the molecule is CCOc1ccccc1I(Cl)Cl. The molecular weight excluding hydrogens is 310 g/mol. The quantitative estimate of drug-likeness (QED) is 0.763. The Kier molecular flexibility index (Phi) is 4.46. The van der Waals surface area contributed by atoms with E-state index in [4.69, 9.17) is 22.6 Å². The molecule has 1 rings (SSSR count). The van der Waals surface area contributed by atoms with E-state index in [9.17, 15) is 0 Å². The molecule has 0 saturated heterocycles. The first kappa shape index (κ1) is 10.4. The van der Waals surface area contributed by atoms with Crippen molar-refractivity contribution in [3.05, 3.63) is 27.8 Å². The molecule has 0 spiro atoms. The first-order valence-electron chi connectivity index (χ1n) is 3.50. The van der Waals surface area contributed by atoms with E-state index in [1.807, 2.05) is 31.2 Å². The van der Waals surface area contributed by atoms with Crippen LogP contribution in [0.1, 0.15) is 6.92 Å². The molecule has 0 saturated carbocycles. The number of hydrogen-bond donors (Lipinski definition) is 0. The van der Waals surface area contributed by atoms with E-state index in [0.717, 1.165) is 9.32 Å². The van der Waals surface area contributed by atoms with Gasteiger partial charge in [0.05, 0.1) is 0 Å². The Hall–Kier alpha value is 0.330. The van der Waals surface area contributed by atoms with E-state index in [2.05, 4.69) is 0 Å². The van der Waals surface area contributed by atoms with Crippen LogP contribution < -0.4 is 4.74 Å². The van der Waals surface area contributed by atoms with Crippen molar-refractivity contribution in [1.29, 1.82) is 0 Å². The fourth-order valence-corrected chi connectivity index (χ4v) is 3.64. The van der Waals surface area contributed by atoms with E-state index in [1.165, 1.54) is 0 Å². The van der Waals surface area contributed by atoms with Crippen LogP contribution in [0, 0.1) is 3.57 Å². The first-order chi connectivity index (χ1) is 5.75. The molecule has 0 aliphatic rings. The second-order valence-corrected chi connectivity index (χ2v) is 9.16. The monoisotopic (exact) mass is 318 g/mol. The summed E-state index contributed by atoms with van der Waals surface area (Å²) in [6.45, 7) is 2.59. The fourth-order valence-electron chi connectivity index (χ4n) is 0.835. The van der Waals surface area contributed by atoms with Gasteiger partial charge < -0.3 is 0 Å². The number of rotatable bonds is 3. The van der Waals surface area contributed by atoms with Gasteiger partial charge in [-0.2, -0.15) is 0 Å². The Morgan fingerprint density at radius 1 is 1.33 bits per heavy atom. The molecule has 0 amide bonds. The predicted octanol–water partition coefficient (Wildman–Crippen LogP) is 4.07. The van der Waals surface area contributed by atoms with Crippen LogP contribution in [-0.4, -0.2) is 6.61 Å². The van der Waals surface area contributed by atoms with Crippen molar-refractivity contribution in [3.63, 3.8) is 0 Å². The summed E-state index contributed by atoms with van der Waals surface area (Å²) >= 11 is -1.94. The molecule has 0 aliphatic heterocycles. The third-order valence-electron chi connectivity index (χ3n) is 1.29. The average molecular weight is 319 g/mol. The molecule has 0 atom stereocenters. The van der Waals surface area contributed by atoms with Crippen molar-refractivity contribution < 1.29 is 4.74 Å². The third-order valence-corrected chi connectivity index (χ3v) is 5.13. The molecule has 1 aromatic carbocycles. The summed E-state index contributed by atoms with van der Waals surface area (Å²) in [5, 5.41) is 0. The second kappa shape index (κ2) is 5.14. The Balaban J connectivity index is 2.92. The number of ether oxygens (including phenoxy) is 1.